The van der Waals surface area contributed by atoms with Crippen molar-refractivity contribution in [1.82, 2.24) is 9.78 Å². The molecule has 0 aliphatic heterocycles. The number of carbonyl (C=O) groups excluding carboxylic acids is 1. The van der Waals surface area contributed by atoms with E-state index in [1.807, 2.05) is 0 Å². The van der Waals surface area contributed by atoms with Crippen LogP contribution in [-0.2, 0) is 6.18 Å². The zero-order chi connectivity index (χ0) is 16.4. The second kappa shape index (κ2) is 6.18. The molecule has 0 bridgehead atoms. The first-order valence-corrected chi connectivity index (χ1v) is 7.70. The summed E-state index contributed by atoms with van der Waals surface area (Å²) in [6.07, 6.45) is 4.54. The third kappa shape index (κ3) is 3.30. The first-order valence-electron chi connectivity index (χ1n) is 7.70. The number of rotatable bonds is 3. The maximum Gasteiger partial charge on any atom is 0.417 e. The molecule has 3 rings (SSSR count). The number of aromatic nitrogens is 2. The molecular formula is C17H17F3N2O. The zero-order valence-corrected chi connectivity index (χ0v) is 12.5. The van der Waals surface area contributed by atoms with Crippen LogP contribution < -0.4 is 0 Å². The molecule has 1 heterocycles. The molecule has 6 heteroatoms. The van der Waals surface area contributed by atoms with Gasteiger partial charge in [0.05, 0.1) is 17.8 Å². The molecule has 3 nitrogen and oxygen atoms in total. The van der Waals surface area contributed by atoms with Gasteiger partial charge in [0.15, 0.2) is 0 Å². The highest BCUT2D eigenvalue weighted by Crippen LogP contribution is 2.38. The van der Waals surface area contributed by atoms with Crippen molar-refractivity contribution in [1.29, 1.82) is 0 Å². The molecule has 0 atom stereocenters. The van der Waals surface area contributed by atoms with E-state index in [1.54, 1.807) is 10.9 Å². The van der Waals surface area contributed by atoms with Crippen molar-refractivity contribution >= 4 is 6.29 Å². The minimum atomic E-state index is -4.51. The highest BCUT2D eigenvalue weighted by molar-refractivity contribution is 5.78. The van der Waals surface area contributed by atoms with E-state index in [0.29, 0.717) is 11.8 Å². The number of alkyl halides is 3. The van der Waals surface area contributed by atoms with Gasteiger partial charge in [-0.15, -0.1) is 0 Å². The lowest BCUT2D eigenvalue weighted by Gasteiger charge is -2.21. The maximum atomic E-state index is 13.3. The molecule has 0 amide bonds. The van der Waals surface area contributed by atoms with Gasteiger partial charge in [-0.3, -0.25) is 9.48 Å². The molecule has 1 aliphatic carbocycles. The molecule has 1 aromatic carbocycles. The van der Waals surface area contributed by atoms with Crippen molar-refractivity contribution in [3.05, 3.63) is 41.7 Å². The molecule has 2 aromatic rings. The van der Waals surface area contributed by atoms with Crippen LogP contribution in [0.3, 0.4) is 0 Å². The molecule has 1 fully saturated rings. The Hall–Kier alpha value is -2.11. The lowest BCUT2D eigenvalue weighted by molar-refractivity contribution is -0.137. The standard InChI is InChI=1S/C17H17F3N2O/c18-17(19,20)16-8-12(11-23)6-7-15(16)13-9-21-22(10-13)14-4-2-1-3-5-14/h6-11,14H,1-5H2. The van der Waals surface area contributed by atoms with Crippen LogP contribution in [0.5, 0.6) is 0 Å². The second-order valence-corrected chi connectivity index (χ2v) is 5.92. The van der Waals surface area contributed by atoms with Gasteiger partial charge in [-0.05, 0) is 24.5 Å². The Balaban J connectivity index is 1.98. The fourth-order valence-corrected chi connectivity index (χ4v) is 3.14. The van der Waals surface area contributed by atoms with Crippen LogP contribution in [0, 0.1) is 0 Å². The lowest BCUT2D eigenvalue weighted by Crippen LogP contribution is -2.12. The third-order valence-corrected chi connectivity index (χ3v) is 4.35. The maximum absolute atomic E-state index is 13.3. The van der Waals surface area contributed by atoms with Crippen molar-refractivity contribution in [2.24, 2.45) is 0 Å². The summed E-state index contributed by atoms with van der Waals surface area (Å²) in [5, 5.41) is 4.26. The van der Waals surface area contributed by atoms with Crippen molar-refractivity contribution in [3.63, 3.8) is 0 Å². The smallest absolute Gasteiger partial charge is 0.298 e. The summed E-state index contributed by atoms with van der Waals surface area (Å²) in [6, 6.07) is 3.89. The van der Waals surface area contributed by atoms with Gasteiger partial charge in [-0.1, -0.05) is 31.4 Å². The van der Waals surface area contributed by atoms with Gasteiger partial charge >= 0.3 is 6.18 Å². The second-order valence-electron chi connectivity index (χ2n) is 5.92. The number of hydrogen-bond acceptors (Lipinski definition) is 2. The molecular weight excluding hydrogens is 305 g/mol. The summed E-state index contributed by atoms with van der Waals surface area (Å²) < 4.78 is 41.6. The Morgan fingerprint density at radius 3 is 2.57 bits per heavy atom. The van der Waals surface area contributed by atoms with E-state index in [2.05, 4.69) is 5.10 Å². The number of halogens is 3. The normalized spacial score (nSPS) is 16.5. The average molecular weight is 322 g/mol. The van der Waals surface area contributed by atoms with Crippen molar-refractivity contribution in [2.75, 3.05) is 0 Å². The summed E-state index contributed by atoms with van der Waals surface area (Å²) in [7, 11) is 0. The topological polar surface area (TPSA) is 34.9 Å². The monoisotopic (exact) mass is 322 g/mol. The minimum absolute atomic E-state index is 0.0146. The van der Waals surface area contributed by atoms with Crippen LogP contribution in [0.25, 0.3) is 11.1 Å². The molecule has 0 radical (unpaired) electrons. The van der Waals surface area contributed by atoms with Crippen LogP contribution >= 0.6 is 0 Å². The molecule has 122 valence electrons. The number of carbonyl (C=O) groups is 1. The van der Waals surface area contributed by atoms with Gasteiger partial charge in [-0.25, -0.2) is 0 Å². The van der Waals surface area contributed by atoms with Crippen LogP contribution in [0.2, 0.25) is 0 Å². The summed E-state index contributed by atoms with van der Waals surface area (Å²) in [5.41, 5.74) is -0.295. The number of hydrogen-bond donors (Lipinski definition) is 0. The van der Waals surface area contributed by atoms with Crippen LogP contribution in [0.1, 0.15) is 54.1 Å². The molecule has 0 unspecified atom stereocenters. The SMILES string of the molecule is O=Cc1ccc(-c2cnn(C3CCCCC3)c2)c(C(F)(F)F)c1. The van der Waals surface area contributed by atoms with Gasteiger partial charge in [-0.2, -0.15) is 18.3 Å². The van der Waals surface area contributed by atoms with Gasteiger partial charge < -0.3 is 0 Å². The first-order chi connectivity index (χ1) is 11.0. The number of nitrogens with zero attached hydrogens (tertiary/aromatic N) is 2. The molecule has 1 aromatic heterocycles. The van der Waals surface area contributed by atoms with Gasteiger partial charge in [0.1, 0.15) is 6.29 Å². The van der Waals surface area contributed by atoms with Gasteiger partial charge in [0, 0.05) is 17.3 Å². The van der Waals surface area contributed by atoms with E-state index in [0.717, 1.165) is 31.7 Å². The Morgan fingerprint density at radius 1 is 1.17 bits per heavy atom. The van der Waals surface area contributed by atoms with E-state index in [-0.39, 0.29) is 17.2 Å². The van der Waals surface area contributed by atoms with Crippen molar-refractivity contribution in [3.8, 4) is 11.1 Å². The molecule has 23 heavy (non-hydrogen) atoms. The van der Waals surface area contributed by atoms with Crippen LogP contribution in [0.15, 0.2) is 30.6 Å². The number of aldehydes is 1. The van der Waals surface area contributed by atoms with E-state index >= 15 is 0 Å². The summed E-state index contributed by atoms with van der Waals surface area (Å²) in [4.78, 5) is 10.8. The van der Waals surface area contributed by atoms with E-state index < -0.39 is 11.7 Å². The fraction of sp³-hybridized carbons (Fsp3) is 0.412. The molecule has 1 aliphatic rings. The Labute approximate surface area is 132 Å². The van der Waals surface area contributed by atoms with E-state index in [1.165, 1.54) is 24.8 Å². The lowest BCUT2D eigenvalue weighted by atomic mass is 9.95. The van der Waals surface area contributed by atoms with Crippen molar-refractivity contribution < 1.29 is 18.0 Å². The zero-order valence-electron chi connectivity index (χ0n) is 12.5. The highest BCUT2D eigenvalue weighted by Gasteiger charge is 2.34. The van der Waals surface area contributed by atoms with Gasteiger partial charge in [0.2, 0.25) is 0 Å². The van der Waals surface area contributed by atoms with E-state index in [9.17, 15) is 18.0 Å². The fourth-order valence-electron chi connectivity index (χ4n) is 3.14. The molecule has 0 saturated heterocycles. The first kappa shape index (κ1) is 15.8. The molecule has 0 N–H and O–H groups in total. The predicted octanol–water partition coefficient (Wildman–Crippen LogP) is 4.89. The predicted molar refractivity (Wildman–Crippen MR) is 80.2 cm³/mol. The summed E-state index contributed by atoms with van der Waals surface area (Å²) in [6.45, 7) is 0. The Kier molecular flexibility index (Phi) is 4.24. The number of benzene rings is 1. The molecule has 0 spiro atoms. The highest BCUT2D eigenvalue weighted by atomic mass is 19.4. The quantitative estimate of drug-likeness (QED) is 0.754. The molecule has 1 saturated carbocycles. The Bertz CT molecular complexity index is 700. The summed E-state index contributed by atoms with van der Waals surface area (Å²) in [5.74, 6) is 0. The van der Waals surface area contributed by atoms with Gasteiger partial charge in [0.25, 0.3) is 0 Å². The van der Waals surface area contributed by atoms with Crippen molar-refractivity contribution in [2.45, 2.75) is 44.3 Å². The van der Waals surface area contributed by atoms with Crippen LogP contribution in [0.4, 0.5) is 13.2 Å². The third-order valence-electron chi connectivity index (χ3n) is 4.35. The summed E-state index contributed by atoms with van der Waals surface area (Å²) >= 11 is 0. The van der Waals surface area contributed by atoms with E-state index in [4.69, 9.17) is 0 Å². The largest absolute Gasteiger partial charge is 0.417 e. The Morgan fingerprint density at radius 2 is 1.91 bits per heavy atom. The average Bonchev–Trinajstić information content (AvgIpc) is 3.04. The van der Waals surface area contributed by atoms with Crippen LogP contribution in [-0.4, -0.2) is 16.1 Å². The minimum Gasteiger partial charge on any atom is -0.298 e.